The van der Waals surface area contributed by atoms with Gasteiger partial charge >= 0.3 is 0 Å². The van der Waals surface area contributed by atoms with Crippen molar-refractivity contribution in [3.8, 4) is 0 Å². The summed E-state index contributed by atoms with van der Waals surface area (Å²) in [6.07, 6.45) is 0. The van der Waals surface area contributed by atoms with Crippen molar-refractivity contribution in [3.63, 3.8) is 0 Å². The van der Waals surface area contributed by atoms with Crippen molar-refractivity contribution in [2.24, 2.45) is 5.73 Å². The van der Waals surface area contributed by atoms with Crippen molar-refractivity contribution in [2.45, 2.75) is 19.9 Å². The van der Waals surface area contributed by atoms with Crippen LogP contribution in [0.15, 0.2) is 42.5 Å². The molecule has 0 fully saturated rings. The van der Waals surface area contributed by atoms with E-state index in [0.29, 0.717) is 0 Å². The molecule has 2 rings (SSSR count). The first-order chi connectivity index (χ1) is 8.99. The Balaban J connectivity index is 2.43. The van der Waals surface area contributed by atoms with Gasteiger partial charge in [0.1, 0.15) is 5.82 Å². The van der Waals surface area contributed by atoms with Gasteiger partial charge in [0.25, 0.3) is 0 Å². The largest absolute Gasteiger partial charge is 0.344 e. The molecule has 19 heavy (non-hydrogen) atoms. The number of hydrogen-bond donors (Lipinski definition) is 1. The Hall–Kier alpha value is -1.87. The molecule has 1 atom stereocenters. The number of hydrogen-bond acceptors (Lipinski definition) is 2. The van der Waals surface area contributed by atoms with Crippen LogP contribution >= 0.6 is 0 Å². The number of rotatable bonds is 3. The van der Waals surface area contributed by atoms with Crippen molar-refractivity contribution < 1.29 is 4.39 Å². The standard InChI is InChI=1S/C16H19FN2/c1-11-4-7-14(8-5-11)19(3)16-9-6-13(17)10-15(16)12(2)18/h4-10,12H,18H2,1-3H3/t12-/m1/s1. The van der Waals surface area contributed by atoms with Gasteiger partial charge in [0, 0.05) is 24.5 Å². The number of nitrogens with zero attached hydrogens (tertiary/aromatic N) is 1. The summed E-state index contributed by atoms with van der Waals surface area (Å²) < 4.78 is 13.4. The second-order valence-electron chi connectivity index (χ2n) is 4.89. The minimum Gasteiger partial charge on any atom is -0.344 e. The Morgan fingerprint density at radius 3 is 2.32 bits per heavy atom. The van der Waals surface area contributed by atoms with E-state index in [1.54, 1.807) is 6.07 Å². The zero-order chi connectivity index (χ0) is 14.0. The summed E-state index contributed by atoms with van der Waals surface area (Å²) in [6.45, 7) is 3.91. The molecule has 100 valence electrons. The van der Waals surface area contributed by atoms with E-state index in [1.165, 1.54) is 17.7 Å². The fourth-order valence-electron chi connectivity index (χ4n) is 2.10. The molecule has 0 saturated carbocycles. The summed E-state index contributed by atoms with van der Waals surface area (Å²) in [4.78, 5) is 2.03. The number of halogens is 1. The molecule has 2 aromatic rings. The Bertz CT molecular complexity index is 561. The van der Waals surface area contributed by atoms with E-state index >= 15 is 0 Å². The molecule has 0 aromatic heterocycles. The van der Waals surface area contributed by atoms with Gasteiger partial charge in [-0.2, -0.15) is 0 Å². The third kappa shape index (κ3) is 2.93. The quantitative estimate of drug-likeness (QED) is 0.904. The smallest absolute Gasteiger partial charge is 0.123 e. The van der Waals surface area contributed by atoms with Crippen LogP contribution in [0.1, 0.15) is 24.1 Å². The maximum atomic E-state index is 13.4. The van der Waals surface area contributed by atoms with Crippen LogP contribution in [-0.4, -0.2) is 7.05 Å². The predicted octanol–water partition coefficient (Wildman–Crippen LogP) is 3.92. The topological polar surface area (TPSA) is 29.3 Å². The van der Waals surface area contributed by atoms with Gasteiger partial charge in [-0.25, -0.2) is 4.39 Å². The average Bonchev–Trinajstić information content (AvgIpc) is 2.38. The van der Waals surface area contributed by atoms with Crippen LogP contribution in [0.2, 0.25) is 0 Å². The number of benzene rings is 2. The first kappa shape index (κ1) is 13.6. The van der Waals surface area contributed by atoms with Crippen LogP contribution in [0, 0.1) is 12.7 Å². The molecule has 2 nitrogen and oxygen atoms in total. The maximum Gasteiger partial charge on any atom is 0.123 e. The van der Waals surface area contributed by atoms with Crippen LogP contribution in [0.25, 0.3) is 0 Å². The normalized spacial score (nSPS) is 12.3. The van der Waals surface area contributed by atoms with Crippen LogP contribution < -0.4 is 10.6 Å². The monoisotopic (exact) mass is 258 g/mol. The summed E-state index contributed by atoms with van der Waals surface area (Å²) in [6, 6.07) is 12.7. The Morgan fingerprint density at radius 1 is 1.11 bits per heavy atom. The van der Waals surface area contributed by atoms with E-state index in [2.05, 4.69) is 19.1 Å². The summed E-state index contributed by atoms with van der Waals surface area (Å²) in [7, 11) is 1.96. The van der Waals surface area contributed by atoms with Gasteiger partial charge < -0.3 is 10.6 Å². The van der Waals surface area contributed by atoms with Crippen molar-refractivity contribution >= 4 is 11.4 Å². The molecule has 0 aliphatic rings. The third-order valence-electron chi connectivity index (χ3n) is 3.26. The first-order valence-electron chi connectivity index (χ1n) is 6.34. The van der Waals surface area contributed by atoms with E-state index in [4.69, 9.17) is 5.73 Å². The molecular weight excluding hydrogens is 239 g/mol. The minimum absolute atomic E-state index is 0.210. The molecule has 3 heteroatoms. The molecule has 2 aromatic carbocycles. The van der Waals surface area contributed by atoms with E-state index in [1.807, 2.05) is 31.0 Å². The van der Waals surface area contributed by atoms with Gasteiger partial charge in [-0.15, -0.1) is 0 Å². The van der Waals surface area contributed by atoms with Gasteiger partial charge in [-0.05, 0) is 49.7 Å². The highest BCUT2D eigenvalue weighted by Crippen LogP contribution is 2.30. The average molecular weight is 258 g/mol. The SMILES string of the molecule is Cc1ccc(N(C)c2ccc(F)cc2[C@@H](C)N)cc1. The van der Waals surface area contributed by atoms with Gasteiger partial charge in [-0.1, -0.05) is 17.7 Å². The second-order valence-corrected chi connectivity index (χ2v) is 4.89. The highest BCUT2D eigenvalue weighted by Gasteiger charge is 2.13. The summed E-state index contributed by atoms with van der Waals surface area (Å²) in [5, 5.41) is 0. The molecular formula is C16H19FN2. The Labute approximate surface area is 113 Å². The summed E-state index contributed by atoms with van der Waals surface area (Å²) in [5.41, 5.74) is 9.94. The van der Waals surface area contributed by atoms with Gasteiger partial charge in [0.05, 0.1) is 0 Å². The molecule has 0 spiro atoms. The first-order valence-corrected chi connectivity index (χ1v) is 6.34. The van der Waals surface area contributed by atoms with Gasteiger partial charge in [0.2, 0.25) is 0 Å². The number of aryl methyl sites for hydroxylation is 1. The fourth-order valence-corrected chi connectivity index (χ4v) is 2.10. The lowest BCUT2D eigenvalue weighted by molar-refractivity contribution is 0.622. The third-order valence-corrected chi connectivity index (χ3v) is 3.26. The second kappa shape index (κ2) is 5.41. The zero-order valence-electron chi connectivity index (χ0n) is 11.5. The minimum atomic E-state index is -0.256. The molecule has 2 N–H and O–H groups in total. The number of anilines is 2. The molecule has 0 aliphatic carbocycles. The summed E-state index contributed by atoms with van der Waals surface area (Å²) in [5.74, 6) is -0.256. The van der Waals surface area contributed by atoms with E-state index in [-0.39, 0.29) is 11.9 Å². The molecule has 0 aliphatic heterocycles. The molecule has 0 heterocycles. The Morgan fingerprint density at radius 2 is 1.74 bits per heavy atom. The molecule has 0 radical (unpaired) electrons. The Kier molecular flexibility index (Phi) is 3.86. The maximum absolute atomic E-state index is 13.4. The van der Waals surface area contributed by atoms with E-state index in [0.717, 1.165) is 16.9 Å². The molecule has 0 saturated heterocycles. The molecule has 0 unspecified atom stereocenters. The predicted molar refractivity (Wildman–Crippen MR) is 78.2 cm³/mol. The van der Waals surface area contributed by atoms with Crippen LogP contribution in [-0.2, 0) is 0 Å². The van der Waals surface area contributed by atoms with Crippen LogP contribution in [0.4, 0.5) is 15.8 Å². The van der Waals surface area contributed by atoms with E-state index < -0.39 is 0 Å². The number of nitrogens with two attached hydrogens (primary N) is 1. The molecule has 0 amide bonds. The zero-order valence-corrected chi connectivity index (χ0v) is 11.5. The van der Waals surface area contributed by atoms with Crippen LogP contribution in [0.3, 0.4) is 0 Å². The van der Waals surface area contributed by atoms with Crippen molar-refractivity contribution in [3.05, 3.63) is 59.4 Å². The van der Waals surface area contributed by atoms with Crippen molar-refractivity contribution in [1.29, 1.82) is 0 Å². The lowest BCUT2D eigenvalue weighted by Gasteiger charge is -2.24. The highest BCUT2D eigenvalue weighted by molar-refractivity contribution is 5.66. The lowest BCUT2D eigenvalue weighted by atomic mass is 10.1. The van der Waals surface area contributed by atoms with Crippen molar-refractivity contribution in [1.82, 2.24) is 0 Å². The van der Waals surface area contributed by atoms with E-state index in [9.17, 15) is 4.39 Å². The molecule has 0 bridgehead atoms. The van der Waals surface area contributed by atoms with Crippen LogP contribution in [0.5, 0.6) is 0 Å². The lowest BCUT2D eigenvalue weighted by Crippen LogP contribution is -2.16. The highest BCUT2D eigenvalue weighted by atomic mass is 19.1. The fraction of sp³-hybridized carbons (Fsp3) is 0.250. The van der Waals surface area contributed by atoms with Gasteiger partial charge in [-0.3, -0.25) is 0 Å². The van der Waals surface area contributed by atoms with Gasteiger partial charge in [0.15, 0.2) is 0 Å². The summed E-state index contributed by atoms with van der Waals surface area (Å²) >= 11 is 0. The van der Waals surface area contributed by atoms with Crippen molar-refractivity contribution in [2.75, 3.05) is 11.9 Å².